The number of nitrogens with one attached hydrogen (secondary N) is 2. The van der Waals surface area contributed by atoms with Gasteiger partial charge in [0.15, 0.2) is 0 Å². The molecular formula is C25H29N5O2S. The summed E-state index contributed by atoms with van der Waals surface area (Å²) < 4.78 is 5.39. The molecule has 2 aromatic carbocycles. The maximum Gasteiger partial charge on any atom is 0.225 e. The van der Waals surface area contributed by atoms with E-state index in [9.17, 15) is 4.79 Å². The summed E-state index contributed by atoms with van der Waals surface area (Å²) in [5, 5.41) is 8.26. The number of carbonyl (C=O) groups is 1. The Kier molecular flexibility index (Phi) is 8.08. The van der Waals surface area contributed by atoms with Gasteiger partial charge in [-0.3, -0.25) is 4.79 Å². The average molecular weight is 464 g/mol. The van der Waals surface area contributed by atoms with Crippen molar-refractivity contribution in [3.05, 3.63) is 76.5 Å². The summed E-state index contributed by atoms with van der Waals surface area (Å²) in [6.45, 7) is 4.55. The van der Waals surface area contributed by atoms with Crippen molar-refractivity contribution in [1.82, 2.24) is 5.32 Å². The van der Waals surface area contributed by atoms with E-state index >= 15 is 0 Å². The average Bonchev–Trinajstić information content (AvgIpc) is 3.39. The van der Waals surface area contributed by atoms with Gasteiger partial charge >= 0.3 is 0 Å². The molecule has 0 spiro atoms. The smallest absolute Gasteiger partial charge is 0.225 e. The van der Waals surface area contributed by atoms with Crippen LogP contribution in [0.25, 0.3) is 0 Å². The fourth-order valence-corrected chi connectivity index (χ4v) is 4.22. The first-order valence-electron chi connectivity index (χ1n) is 11.1. The van der Waals surface area contributed by atoms with Crippen LogP contribution >= 0.6 is 11.3 Å². The molecule has 2 heterocycles. The van der Waals surface area contributed by atoms with Gasteiger partial charge in [-0.15, -0.1) is 11.3 Å². The number of amides is 1. The Labute approximate surface area is 198 Å². The van der Waals surface area contributed by atoms with Crippen molar-refractivity contribution in [3.63, 3.8) is 0 Å². The highest BCUT2D eigenvalue weighted by Crippen LogP contribution is 2.19. The zero-order valence-corrected chi connectivity index (χ0v) is 19.3. The summed E-state index contributed by atoms with van der Waals surface area (Å²) in [6.07, 6.45) is 0.397. The van der Waals surface area contributed by atoms with Crippen LogP contribution in [0.5, 0.6) is 0 Å². The molecule has 4 rings (SSSR count). The van der Waals surface area contributed by atoms with Crippen LogP contribution < -0.4 is 21.3 Å². The van der Waals surface area contributed by atoms with E-state index in [0.717, 1.165) is 53.8 Å². The van der Waals surface area contributed by atoms with E-state index in [1.54, 1.807) is 11.3 Å². The number of carbonyl (C=O) groups excluding carboxylic acids is 1. The van der Waals surface area contributed by atoms with E-state index in [1.165, 1.54) is 0 Å². The van der Waals surface area contributed by atoms with Gasteiger partial charge in [0.2, 0.25) is 5.91 Å². The molecule has 4 N–H and O–H groups in total. The lowest BCUT2D eigenvalue weighted by Crippen LogP contribution is -2.36. The largest absolute Gasteiger partial charge is 0.383 e. The van der Waals surface area contributed by atoms with Crippen molar-refractivity contribution >= 4 is 40.1 Å². The van der Waals surface area contributed by atoms with Crippen LogP contribution in [0.15, 0.2) is 71.0 Å². The van der Waals surface area contributed by atoms with Gasteiger partial charge in [0.25, 0.3) is 0 Å². The van der Waals surface area contributed by atoms with Crippen LogP contribution in [-0.4, -0.2) is 44.6 Å². The molecule has 0 bridgehead atoms. The first-order valence-corrected chi connectivity index (χ1v) is 12.0. The Morgan fingerprint density at radius 1 is 1.09 bits per heavy atom. The van der Waals surface area contributed by atoms with Crippen molar-refractivity contribution < 1.29 is 9.53 Å². The number of hydrogen-bond donors (Lipinski definition) is 3. The zero-order valence-electron chi connectivity index (χ0n) is 18.5. The van der Waals surface area contributed by atoms with Gasteiger partial charge in [-0.2, -0.15) is 0 Å². The fourth-order valence-electron chi connectivity index (χ4n) is 3.59. The zero-order chi connectivity index (χ0) is 22.9. The number of ether oxygens (including phenoxy) is 1. The lowest BCUT2D eigenvalue weighted by Gasteiger charge is -2.28. The van der Waals surface area contributed by atoms with Crippen LogP contribution in [0, 0.1) is 0 Å². The van der Waals surface area contributed by atoms with Crippen LogP contribution in [0.4, 0.5) is 17.1 Å². The first-order chi connectivity index (χ1) is 16.2. The Hall–Kier alpha value is -3.20. The number of anilines is 2. The molecule has 3 aromatic rings. The molecule has 0 radical (unpaired) electrons. The third-order valence-corrected chi connectivity index (χ3v) is 6.21. The third kappa shape index (κ3) is 6.89. The molecular weight excluding hydrogens is 434 g/mol. The predicted molar refractivity (Wildman–Crippen MR) is 136 cm³/mol. The Morgan fingerprint density at radius 2 is 1.91 bits per heavy atom. The molecule has 0 atom stereocenters. The van der Waals surface area contributed by atoms with E-state index in [4.69, 9.17) is 10.5 Å². The van der Waals surface area contributed by atoms with Crippen molar-refractivity contribution in [2.24, 2.45) is 10.7 Å². The van der Waals surface area contributed by atoms with Crippen LogP contribution in [0.1, 0.15) is 16.9 Å². The maximum absolute atomic E-state index is 12.3. The molecule has 1 aliphatic heterocycles. The SMILES string of the molecule is NC(=Nc1cccc(CNCCC(=O)Nc2ccc(N3CCOCC3)cc2)c1)c1cccs1. The lowest BCUT2D eigenvalue weighted by atomic mass is 10.2. The topological polar surface area (TPSA) is 92.0 Å². The molecule has 1 aliphatic rings. The van der Waals surface area contributed by atoms with Gasteiger partial charge in [-0.25, -0.2) is 4.99 Å². The summed E-state index contributed by atoms with van der Waals surface area (Å²) in [5.74, 6) is 0.508. The number of hydrogen-bond acceptors (Lipinski definition) is 6. The second kappa shape index (κ2) is 11.6. The molecule has 0 saturated carbocycles. The van der Waals surface area contributed by atoms with Gasteiger partial charge in [0.1, 0.15) is 5.84 Å². The summed E-state index contributed by atoms with van der Waals surface area (Å²) in [4.78, 5) is 20.0. The van der Waals surface area contributed by atoms with E-state index in [2.05, 4.69) is 20.5 Å². The van der Waals surface area contributed by atoms with E-state index in [1.807, 2.05) is 66.0 Å². The number of rotatable bonds is 9. The highest BCUT2D eigenvalue weighted by atomic mass is 32.1. The number of nitrogens with two attached hydrogens (primary N) is 1. The maximum atomic E-state index is 12.3. The molecule has 172 valence electrons. The quantitative estimate of drug-likeness (QED) is 0.255. The number of nitrogens with zero attached hydrogens (tertiary/aromatic N) is 2. The molecule has 8 heteroatoms. The number of benzene rings is 2. The van der Waals surface area contributed by atoms with Crippen LogP contribution in [-0.2, 0) is 16.1 Å². The highest BCUT2D eigenvalue weighted by Gasteiger charge is 2.11. The number of thiophene rings is 1. The van der Waals surface area contributed by atoms with Gasteiger partial charge in [-0.05, 0) is 53.4 Å². The Morgan fingerprint density at radius 3 is 2.67 bits per heavy atom. The molecule has 0 aliphatic carbocycles. The van der Waals surface area contributed by atoms with Crippen LogP contribution in [0.3, 0.4) is 0 Å². The first kappa shape index (κ1) is 23.0. The molecule has 1 fully saturated rings. The van der Waals surface area contributed by atoms with E-state index < -0.39 is 0 Å². The standard InChI is InChI=1S/C25H29N5O2S/c26-25(23-5-2-16-33-23)29-21-4-1-3-19(17-21)18-27-11-10-24(31)28-20-6-8-22(9-7-20)30-12-14-32-15-13-30/h1-9,16-17,27H,10-15,18H2,(H2,26,29)(H,28,31). The third-order valence-electron chi connectivity index (χ3n) is 5.32. The second-order valence-electron chi connectivity index (χ2n) is 7.77. The van der Waals surface area contributed by atoms with Crippen molar-refractivity contribution in [2.75, 3.05) is 43.1 Å². The molecule has 7 nitrogen and oxygen atoms in total. The summed E-state index contributed by atoms with van der Waals surface area (Å²) >= 11 is 1.57. The minimum absolute atomic E-state index is 0.0105. The van der Waals surface area contributed by atoms with Gasteiger partial charge < -0.3 is 26.0 Å². The Balaban J connectivity index is 1.20. The van der Waals surface area contributed by atoms with E-state index in [-0.39, 0.29) is 5.91 Å². The molecule has 33 heavy (non-hydrogen) atoms. The highest BCUT2D eigenvalue weighted by molar-refractivity contribution is 7.12. The Bertz CT molecular complexity index is 1060. The molecule has 1 amide bonds. The van der Waals surface area contributed by atoms with Gasteiger partial charge in [0, 0.05) is 44.0 Å². The molecule has 1 saturated heterocycles. The van der Waals surface area contributed by atoms with Gasteiger partial charge in [-0.1, -0.05) is 18.2 Å². The molecule has 1 aromatic heterocycles. The van der Waals surface area contributed by atoms with Crippen molar-refractivity contribution in [1.29, 1.82) is 0 Å². The van der Waals surface area contributed by atoms with Crippen molar-refractivity contribution in [3.8, 4) is 0 Å². The predicted octanol–water partition coefficient (Wildman–Crippen LogP) is 3.74. The second-order valence-corrected chi connectivity index (χ2v) is 8.71. The summed E-state index contributed by atoms with van der Waals surface area (Å²) in [6, 6.07) is 19.8. The normalized spacial score (nSPS) is 14.3. The number of amidine groups is 1. The summed E-state index contributed by atoms with van der Waals surface area (Å²) in [7, 11) is 0. The minimum Gasteiger partial charge on any atom is -0.383 e. The number of aliphatic imine (C=N–C) groups is 1. The lowest BCUT2D eigenvalue weighted by molar-refractivity contribution is -0.116. The van der Waals surface area contributed by atoms with Gasteiger partial charge in [0.05, 0.1) is 23.8 Å². The molecule has 0 unspecified atom stereocenters. The van der Waals surface area contributed by atoms with Crippen LogP contribution in [0.2, 0.25) is 0 Å². The fraction of sp³-hybridized carbons (Fsp3) is 0.280. The number of morpholine rings is 1. The van der Waals surface area contributed by atoms with Crippen molar-refractivity contribution in [2.45, 2.75) is 13.0 Å². The van der Waals surface area contributed by atoms with E-state index in [0.29, 0.717) is 25.3 Å². The summed E-state index contributed by atoms with van der Waals surface area (Å²) in [5.41, 5.74) is 9.95. The monoisotopic (exact) mass is 463 g/mol. The minimum atomic E-state index is -0.0105.